The van der Waals surface area contributed by atoms with Crippen molar-refractivity contribution in [1.29, 1.82) is 0 Å². The lowest BCUT2D eigenvalue weighted by molar-refractivity contribution is 0.102. The van der Waals surface area contributed by atoms with Crippen LogP contribution < -0.4 is 5.32 Å². The Balaban J connectivity index is 1.87. The number of anilines is 1. The van der Waals surface area contributed by atoms with Gasteiger partial charge in [-0.05, 0) is 42.8 Å². The number of benzene rings is 2. The number of amides is 1. The van der Waals surface area contributed by atoms with Gasteiger partial charge >= 0.3 is 0 Å². The molecule has 1 aromatic heterocycles. The van der Waals surface area contributed by atoms with Gasteiger partial charge in [-0.3, -0.25) is 9.89 Å². The largest absolute Gasteiger partial charge is 0.322 e. The first-order chi connectivity index (χ1) is 9.63. The number of halogens is 1. The summed E-state index contributed by atoms with van der Waals surface area (Å²) in [5.74, 6) is -0.989. The standard InChI is InChI=1S/C15H12FN3O/c1-9-2-4-12(13(16)6-9)15(20)18-11-3-5-14-10(7-11)8-17-19-14/h2-8H,1H3,(H,17,19)(H,18,20). The Hall–Kier alpha value is -2.69. The lowest BCUT2D eigenvalue weighted by atomic mass is 10.1. The van der Waals surface area contributed by atoms with Crippen molar-refractivity contribution in [3.63, 3.8) is 0 Å². The lowest BCUT2D eigenvalue weighted by Gasteiger charge is -2.06. The maximum absolute atomic E-state index is 13.7. The Labute approximate surface area is 114 Å². The van der Waals surface area contributed by atoms with Crippen LogP contribution in [0.5, 0.6) is 0 Å². The Morgan fingerprint density at radius 1 is 1.25 bits per heavy atom. The Morgan fingerprint density at radius 2 is 2.10 bits per heavy atom. The summed E-state index contributed by atoms with van der Waals surface area (Å²) >= 11 is 0. The third-order valence-corrected chi connectivity index (χ3v) is 3.07. The molecular formula is C15H12FN3O. The zero-order valence-electron chi connectivity index (χ0n) is 10.8. The summed E-state index contributed by atoms with van der Waals surface area (Å²) in [7, 11) is 0. The van der Waals surface area contributed by atoms with Gasteiger partial charge in [0.2, 0.25) is 0 Å². The van der Waals surface area contributed by atoms with Crippen LogP contribution in [-0.2, 0) is 0 Å². The van der Waals surface area contributed by atoms with E-state index in [0.29, 0.717) is 5.69 Å². The van der Waals surface area contributed by atoms with Gasteiger partial charge in [-0.15, -0.1) is 0 Å². The number of carbonyl (C=O) groups excluding carboxylic acids is 1. The van der Waals surface area contributed by atoms with Crippen molar-refractivity contribution in [3.8, 4) is 0 Å². The fraction of sp³-hybridized carbons (Fsp3) is 0.0667. The second-order valence-electron chi connectivity index (χ2n) is 4.61. The third-order valence-electron chi connectivity index (χ3n) is 3.07. The molecule has 1 amide bonds. The van der Waals surface area contributed by atoms with Crippen LogP contribution >= 0.6 is 0 Å². The molecule has 0 fully saturated rings. The molecule has 3 aromatic rings. The maximum Gasteiger partial charge on any atom is 0.258 e. The molecule has 2 N–H and O–H groups in total. The van der Waals surface area contributed by atoms with Crippen LogP contribution in [0.4, 0.5) is 10.1 Å². The van der Waals surface area contributed by atoms with E-state index in [1.165, 1.54) is 12.1 Å². The summed E-state index contributed by atoms with van der Waals surface area (Å²) in [6.45, 7) is 1.78. The Bertz CT molecular complexity index is 795. The molecule has 0 aliphatic heterocycles. The van der Waals surface area contributed by atoms with Gasteiger partial charge in [-0.25, -0.2) is 4.39 Å². The molecule has 100 valence electrons. The SMILES string of the molecule is Cc1ccc(C(=O)Nc2ccc3[nH]ncc3c2)c(F)c1. The molecule has 0 saturated carbocycles. The zero-order valence-corrected chi connectivity index (χ0v) is 10.8. The van der Waals surface area contributed by atoms with Crippen LogP contribution in [0, 0.1) is 12.7 Å². The predicted molar refractivity (Wildman–Crippen MR) is 75.2 cm³/mol. The molecule has 0 saturated heterocycles. The second kappa shape index (κ2) is 4.77. The summed E-state index contributed by atoms with van der Waals surface area (Å²) < 4.78 is 13.7. The molecule has 20 heavy (non-hydrogen) atoms. The first kappa shape index (κ1) is 12.3. The molecule has 3 rings (SSSR count). The van der Waals surface area contributed by atoms with Gasteiger partial charge in [0.15, 0.2) is 0 Å². The van der Waals surface area contributed by atoms with Gasteiger partial charge in [-0.2, -0.15) is 5.10 Å². The average molecular weight is 269 g/mol. The van der Waals surface area contributed by atoms with Crippen LogP contribution in [0.2, 0.25) is 0 Å². The van der Waals surface area contributed by atoms with Gasteiger partial charge in [0.1, 0.15) is 5.82 Å². The van der Waals surface area contributed by atoms with E-state index in [-0.39, 0.29) is 5.56 Å². The average Bonchev–Trinajstić information content (AvgIpc) is 2.85. The van der Waals surface area contributed by atoms with Crippen LogP contribution in [0.1, 0.15) is 15.9 Å². The molecule has 0 atom stereocenters. The van der Waals surface area contributed by atoms with Crippen molar-refractivity contribution in [2.24, 2.45) is 0 Å². The highest BCUT2D eigenvalue weighted by Crippen LogP contribution is 2.18. The number of rotatable bonds is 2. The zero-order chi connectivity index (χ0) is 14.1. The molecular weight excluding hydrogens is 257 g/mol. The van der Waals surface area contributed by atoms with E-state index in [0.717, 1.165) is 16.5 Å². The van der Waals surface area contributed by atoms with Crippen molar-refractivity contribution in [1.82, 2.24) is 10.2 Å². The molecule has 0 aliphatic rings. The van der Waals surface area contributed by atoms with Crippen LogP contribution in [-0.4, -0.2) is 16.1 Å². The van der Waals surface area contributed by atoms with Crippen LogP contribution in [0.15, 0.2) is 42.6 Å². The van der Waals surface area contributed by atoms with Gasteiger partial charge < -0.3 is 5.32 Å². The molecule has 1 heterocycles. The normalized spacial score (nSPS) is 10.7. The fourth-order valence-electron chi connectivity index (χ4n) is 2.02. The third kappa shape index (κ3) is 2.25. The van der Waals surface area contributed by atoms with Gasteiger partial charge in [0.05, 0.1) is 17.3 Å². The van der Waals surface area contributed by atoms with E-state index in [1.54, 1.807) is 31.3 Å². The van der Waals surface area contributed by atoms with Gasteiger partial charge in [0, 0.05) is 11.1 Å². The number of hydrogen-bond acceptors (Lipinski definition) is 2. The quantitative estimate of drug-likeness (QED) is 0.750. The number of aromatic nitrogens is 2. The van der Waals surface area contributed by atoms with Gasteiger partial charge in [0.25, 0.3) is 5.91 Å². The molecule has 0 aliphatic carbocycles. The second-order valence-corrected chi connectivity index (χ2v) is 4.61. The van der Waals surface area contributed by atoms with Gasteiger partial charge in [-0.1, -0.05) is 6.07 Å². The van der Waals surface area contributed by atoms with Crippen molar-refractivity contribution >= 4 is 22.5 Å². The summed E-state index contributed by atoms with van der Waals surface area (Å²) in [6.07, 6.45) is 1.66. The number of H-pyrrole nitrogens is 1. The first-order valence-corrected chi connectivity index (χ1v) is 6.14. The Kier molecular flexibility index (Phi) is 2.95. The minimum Gasteiger partial charge on any atom is -0.322 e. The molecule has 0 unspecified atom stereocenters. The monoisotopic (exact) mass is 269 g/mol. The van der Waals surface area contributed by atoms with Crippen molar-refractivity contribution in [2.75, 3.05) is 5.32 Å². The highest BCUT2D eigenvalue weighted by molar-refractivity contribution is 6.05. The fourth-order valence-corrected chi connectivity index (χ4v) is 2.02. The topological polar surface area (TPSA) is 57.8 Å². The van der Waals surface area contributed by atoms with E-state index >= 15 is 0 Å². The molecule has 0 radical (unpaired) electrons. The van der Waals surface area contributed by atoms with Crippen LogP contribution in [0.3, 0.4) is 0 Å². The van der Waals surface area contributed by atoms with Crippen molar-refractivity contribution in [3.05, 3.63) is 59.5 Å². The maximum atomic E-state index is 13.7. The summed E-state index contributed by atoms with van der Waals surface area (Å²) in [5.41, 5.74) is 2.29. The molecule has 4 nitrogen and oxygen atoms in total. The lowest BCUT2D eigenvalue weighted by Crippen LogP contribution is -2.13. The smallest absolute Gasteiger partial charge is 0.258 e. The van der Waals surface area contributed by atoms with E-state index in [4.69, 9.17) is 0 Å². The highest BCUT2D eigenvalue weighted by atomic mass is 19.1. The Morgan fingerprint density at radius 3 is 2.90 bits per heavy atom. The van der Waals surface area contributed by atoms with E-state index in [9.17, 15) is 9.18 Å². The molecule has 5 heteroatoms. The predicted octanol–water partition coefficient (Wildman–Crippen LogP) is 3.26. The molecule has 0 spiro atoms. The number of nitrogens with one attached hydrogen (secondary N) is 2. The summed E-state index contributed by atoms with van der Waals surface area (Å²) in [5, 5.41) is 10.3. The number of carbonyl (C=O) groups is 1. The number of aromatic amines is 1. The minimum absolute atomic E-state index is 0.0305. The number of fused-ring (bicyclic) bond motifs is 1. The van der Waals surface area contributed by atoms with E-state index in [1.807, 2.05) is 6.07 Å². The van der Waals surface area contributed by atoms with Crippen molar-refractivity contribution < 1.29 is 9.18 Å². The molecule has 0 bridgehead atoms. The molecule has 2 aromatic carbocycles. The minimum atomic E-state index is -0.521. The summed E-state index contributed by atoms with van der Waals surface area (Å²) in [4.78, 5) is 12.0. The first-order valence-electron chi connectivity index (χ1n) is 6.14. The number of hydrogen-bond donors (Lipinski definition) is 2. The van der Waals surface area contributed by atoms with Crippen LogP contribution in [0.25, 0.3) is 10.9 Å². The number of nitrogens with zero attached hydrogens (tertiary/aromatic N) is 1. The number of aryl methyl sites for hydroxylation is 1. The highest BCUT2D eigenvalue weighted by Gasteiger charge is 2.12. The van der Waals surface area contributed by atoms with E-state index in [2.05, 4.69) is 15.5 Å². The van der Waals surface area contributed by atoms with E-state index < -0.39 is 11.7 Å². The summed E-state index contributed by atoms with van der Waals surface area (Å²) in [6, 6.07) is 9.86. The van der Waals surface area contributed by atoms with Crippen molar-refractivity contribution in [2.45, 2.75) is 6.92 Å².